The molecule has 0 N–H and O–H groups in total. The van der Waals surface area contributed by atoms with Crippen LogP contribution in [0.1, 0.15) is 20.3 Å². The van der Waals surface area contributed by atoms with Crippen molar-refractivity contribution in [3.05, 3.63) is 25.3 Å². The fourth-order valence-corrected chi connectivity index (χ4v) is 0.866. The van der Waals surface area contributed by atoms with Gasteiger partial charge in [0.2, 0.25) is 0 Å². The van der Waals surface area contributed by atoms with Crippen molar-refractivity contribution in [2.45, 2.75) is 20.3 Å². The SMILES string of the molecule is C=CCC(C=O)C(C)(C)C=C. The van der Waals surface area contributed by atoms with Gasteiger partial charge in [-0.25, -0.2) is 0 Å². The predicted molar refractivity (Wildman–Crippen MR) is 48.3 cm³/mol. The molecule has 0 heterocycles. The first-order chi connectivity index (χ1) is 5.08. The molecule has 1 unspecified atom stereocenters. The number of hydrogen-bond donors (Lipinski definition) is 0. The van der Waals surface area contributed by atoms with Crippen molar-refractivity contribution in [3.8, 4) is 0 Å². The Hall–Kier alpha value is -0.850. The summed E-state index contributed by atoms with van der Waals surface area (Å²) in [4.78, 5) is 10.6. The normalized spacial score (nSPS) is 13.6. The van der Waals surface area contributed by atoms with Crippen LogP contribution in [0.15, 0.2) is 25.3 Å². The molecular formula is C10H16O. The van der Waals surface area contributed by atoms with Crippen molar-refractivity contribution in [1.82, 2.24) is 0 Å². The number of carbonyl (C=O) groups is 1. The molecular weight excluding hydrogens is 136 g/mol. The molecule has 62 valence electrons. The summed E-state index contributed by atoms with van der Waals surface area (Å²) in [7, 11) is 0. The maximum absolute atomic E-state index is 10.6. The van der Waals surface area contributed by atoms with E-state index in [1.807, 2.05) is 19.9 Å². The average molecular weight is 152 g/mol. The Morgan fingerprint density at radius 1 is 1.45 bits per heavy atom. The third kappa shape index (κ3) is 2.71. The van der Waals surface area contributed by atoms with Gasteiger partial charge in [-0.05, 0) is 11.8 Å². The smallest absolute Gasteiger partial charge is 0.124 e. The van der Waals surface area contributed by atoms with E-state index < -0.39 is 0 Å². The fraction of sp³-hybridized carbons (Fsp3) is 0.500. The molecule has 0 radical (unpaired) electrons. The van der Waals surface area contributed by atoms with Crippen molar-refractivity contribution < 1.29 is 4.79 Å². The Kier molecular flexibility index (Phi) is 3.80. The molecule has 1 atom stereocenters. The van der Waals surface area contributed by atoms with E-state index in [2.05, 4.69) is 13.2 Å². The lowest BCUT2D eigenvalue weighted by Gasteiger charge is -2.25. The zero-order chi connectivity index (χ0) is 8.91. The third-order valence-corrected chi connectivity index (χ3v) is 2.07. The number of rotatable bonds is 5. The molecule has 1 heteroatoms. The topological polar surface area (TPSA) is 17.1 Å². The number of hydrogen-bond acceptors (Lipinski definition) is 1. The van der Waals surface area contributed by atoms with Gasteiger partial charge in [0, 0.05) is 5.92 Å². The van der Waals surface area contributed by atoms with Crippen LogP contribution in [0.2, 0.25) is 0 Å². The molecule has 0 aliphatic heterocycles. The van der Waals surface area contributed by atoms with Crippen LogP contribution in [-0.4, -0.2) is 6.29 Å². The number of allylic oxidation sites excluding steroid dienone is 2. The highest BCUT2D eigenvalue weighted by molar-refractivity contribution is 5.56. The first-order valence-electron chi connectivity index (χ1n) is 3.78. The molecule has 11 heavy (non-hydrogen) atoms. The molecule has 0 bridgehead atoms. The van der Waals surface area contributed by atoms with Crippen LogP contribution in [0.3, 0.4) is 0 Å². The summed E-state index contributed by atoms with van der Waals surface area (Å²) in [5.41, 5.74) is -0.115. The van der Waals surface area contributed by atoms with Gasteiger partial charge in [0.1, 0.15) is 6.29 Å². The lowest BCUT2D eigenvalue weighted by Crippen LogP contribution is -2.22. The van der Waals surface area contributed by atoms with Crippen LogP contribution < -0.4 is 0 Å². The zero-order valence-electron chi connectivity index (χ0n) is 7.34. The van der Waals surface area contributed by atoms with Gasteiger partial charge in [-0.15, -0.1) is 13.2 Å². The first-order valence-corrected chi connectivity index (χ1v) is 3.78. The average Bonchev–Trinajstić information content (AvgIpc) is 2.00. The highest BCUT2D eigenvalue weighted by Gasteiger charge is 2.24. The lowest BCUT2D eigenvalue weighted by molar-refractivity contribution is -0.113. The van der Waals surface area contributed by atoms with Crippen molar-refractivity contribution >= 4 is 6.29 Å². The summed E-state index contributed by atoms with van der Waals surface area (Å²) in [6.07, 6.45) is 5.28. The van der Waals surface area contributed by atoms with Gasteiger partial charge in [0.15, 0.2) is 0 Å². The number of aldehydes is 1. The number of carbonyl (C=O) groups excluding carboxylic acids is 1. The van der Waals surface area contributed by atoms with Crippen LogP contribution in [0, 0.1) is 11.3 Å². The maximum Gasteiger partial charge on any atom is 0.124 e. The fourth-order valence-electron chi connectivity index (χ4n) is 0.866. The summed E-state index contributed by atoms with van der Waals surface area (Å²) in [6, 6.07) is 0. The summed E-state index contributed by atoms with van der Waals surface area (Å²) in [6.45, 7) is 11.3. The van der Waals surface area contributed by atoms with Crippen LogP contribution in [0.25, 0.3) is 0 Å². The minimum Gasteiger partial charge on any atom is -0.303 e. The summed E-state index contributed by atoms with van der Waals surface area (Å²) in [5, 5.41) is 0. The summed E-state index contributed by atoms with van der Waals surface area (Å²) >= 11 is 0. The highest BCUT2D eigenvalue weighted by Crippen LogP contribution is 2.28. The molecule has 0 aliphatic carbocycles. The van der Waals surface area contributed by atoms with E-state index in [0.29, 0.717) is 0 Å². The Bertz CT molecular complexity index is 156. The van der Waals surface area contributed by atoms with Crippen LogP contribution in [-0.2, 0) is 4.79 Å². The Morgan fingerprint density at radius 2 is 2.00 bits per heavy atom. The van der Waals surface area contributed by atoms with Crippen molar-refractivity contribution in [3.63, 3.8) is 0 Å². The van der Waals surface area contributed by atoms with Crippen LogP contribution >= 0.6 is 0 Å². The first kappa shape index (κ1) is 10.2. The predicted octanol–water partition coefficient (Wildman–Crippen LogP) is 2.59. The molecule has 0 saturated heterocycles. The zero-order valence-corrected chi connectivity index (χ0v) is 7.34. The van der Waals surface area contributed by atoms with Crippen molar-refractivity contribution in [1.29, 1.82) is 0 Å². The van der Waals surface area contributed by atoms with E-state index in [1.165, 1.54) is 0 Å². The lowest BCUT2D eigenvalue weighted by atomic mass is 9.78. The summed E-state index contributed by atoms with van der Waals surface area (Å²) < 4.78 is 0. The van der Waals surface area contributed by atoms with Gasteiger partial charge in [-0.1, -0.05) is 26.0 Å². The van der Waals surface area contributed by atoms with E-state index >= 15 is 0 Å². The second kappa shape index (κ2) is 4.12. The van der Waals surface area contributed by atoms with E-state index in [1.54, 1.807) is 6.08 Å². The molecule has 0 aliphatic rings. The van der Waals surface area contributed by atoms with Crippen LogP contribution in [0.4, 0.5) is 0 Å². The Balaban J connectivity index is 4.33. The van der Waals surface area contributed by atoms with Crippen molar-refractivity contribution in [2.75, 3.05) is 0 Å². The molecule has 0 amide bonds. The molecule has 0 aromatic carbocycles. The molecule has 0 rings (SSSR count). The Morgan fingerprint density at radius 3 is 2.27 bits per heavy atom. The van der Waals surface area contributed by atoms with E-state index in [4.69, 9.17) is 0 Å². The van der Waals surface area contributed by atoms with Gasteiger partial charge in [-0.3, -0.25) is 0 Å². The molecule has 0 fully saturated rings. The standard InChI is InChI=1S/C10H16O/c1-5-7-9(8-11)10(3,4)6-2/h5-6,8-9H,1-2,7H2,3-4H3. The van der Waals surface area contributed by atoms with Gasteiger partial charge in [0.05, 0.1) is 0 Å². The van der Waals surface area contributed by atoms with Gasteiger partial charge >= 0.3 is 0 Å². The second-order valence-electron chi connectivity index (χ2n) is 3.29. The van der Waals surface area contributed by atoms with Crippen LogP contribution in [0.5, 0.6) is 0 Å². The van der Waals surface area contributed by atoms with Gasteiger partial charge < -0.3 is 4.79 Å². The van der Waals surface area contributed by atoms with Crippen molar-refractivity contribution in [2.24, 2.45) is 11.3 Å². The van der Waals surface area contributed by atoms with E-state index in [-0.39, 0.29) is 11.3 Å². The van der Waals surface area contributed by atoms with E-state index in [9.17, 15) is 4.79 Å². The Labute approximate surface area is 68.8 Å². The molecule has 0 saturated carbocycles. The maximum atomic E-state index is 10.6. The third-order valence-electron chi connectivity index (χ3n) is 2.07. The molecule has 0 aromatic heterocycles. The van der Waals surface area contributed by atoms with Gasteiger partial charge in [-0.2, -0.15) is 0 Å². The van der Waals surface area contributed by atoms with Gasteiger partial charge in [0.25, 0.3) is 0 Å². The molecule has 1 nitrogen and oxygen atoms in total. The monoisotopic (exact) mass is 152 g/mol. The second-order valence-corrected chi connectivity index (χ2v) is 3.29. The highest BCUT2D eigenvalue weighted by atomic mass is 16.1. The molecule has 0 aromatic rings. The van der Waals surface area contributed by atoms with E-state index in [0.717, 1.165) is 12.7 Å². The largest absolute Gasteiger partial charge is 0.303 e. The summed E-state index contributed by atoms with van der Waals surface area (Å²) in [5.74, 6) is 0.0116. The minimum absolute atomic E-state index is 0.0116. The quantitative estimate of drug-likeness (QED) is 0.437. The molecule has 0 spiro atoms. The minimum atomic E-state index is -0.115.